The molecule has 1 saturated carbocycles. The van der Waals surface area contributed by atoms with Crippen molar-refractivity contribution in [3.8, 4) is 17.3 Å². The number of rotatable bonds is 8. The van der Waals surface area contributed by atoms with E-state index in [-0.39, 0.29) is 0 Å². The highest BCUT2D eigenvalue weighted by Gasteiger charge is 2.22. The summed E-state index contributed by atoms with van der Waals surface area (Å²) in [5.74, 6) is 2.75. The average molecular weight is 386 g/mol. The Labute approximate surface area is 161 Å². The maximum Gasteiger partial charge on any atom is 0.224 e. The summed E-state index contributed by atoms with van der Waals surface area (Å²) in [5.41, 5.74) is 1.61. The zero-order valence-electron chi connectivity index (χ0n) is 15.0. The average Bonchev–Trinajstić information content (AvgIpc) is 3.36. The van der Waals surface area contributed by atoms with E-state index in [1.54, 1.807) is 0 Å². The van der Waals surface area contributed by atoms with Crippen molar-refractivity contribution in [2.75, 3.05) is 18.1 Å². The quantitative estimate of drug-likeness (QED) is 0.636. The molecule has 9 heteroatoms. The minimum absolute atomic E-state index is 0.419. The van der Waals surface area contributed by atoms with Crippen LogP contribution in [0.1, 0.15) is 25.3 Å². The number of anilines is 1. The number of aromatic amines is 1. The normalized spacial score (nSPS) is 13.6. The van der Waals surface area contributed by atoms with Crippen molar-refractivity contribution in [3.63, 3.8) is 0 Å². The summed E-state index contributed by atoms with van der Waals surface area (Å²) in [7, 11) is 0. The summed E-state index contributed by atoms with van der Waals surface area (Å²) < 4.78 is 6.02. The largest absolute Gasteiger partial charge is 0.493 e. The third-order valence-electron chi connectivity index (χ3n) is 4.49. The molecule has 0 unspecified atom stereocenters. The van der Waals surface area contributed by atoms with E-state index in [1.165, 1.54) is 12.8 Å². The van der Waals surface area contributed by atoms with E-state index in [0.717, 1.165) is 30.3 Å². The van der Waals surface area contributed by atoms with Gasteiger partial charge in [-0.1, -0.05) is 11.6 Å². The fourth-order valence-electron chi connectivity index (χ4n) is 2.75. The number of aromatic nitrogens is 6. The van der Waals surface area contributed by atoms with Gasteiger partial charge < -0.3 is 9.64 Å². The molecule has 1 N–H and O–H groups in total. The summed E-state index contributed by atoms with van der Waals surface area (Å²) in [5, 5.41) is 23.0. The molecule has 1 aliphatic rings. The lowest BCUT2D eigenvalue weighted by Crippen LogP contribution is -2.24. The van der Waals surface area contributed by atoms with Gasteiger partial charge in [-0.3, -0.25) is 0 Å². The molecule has 0 saturated heterocycles. The number of halogens is 1. The molecule has 0 spiro atoms. The smallest absolute Gasteiger partial charge is 0.224 e. The Bertz CT molecular complexity index is 881. The van der Waals surface area contributed by atoms with E-state index < -0.39 is 0 Å². The maximum atomic E-state index is 6.22. The van der Waals surface area contributed by atoms with Gasteiger partial charge in [0, 0.05) is 23.7 Å². The first-order valence-corrected chi connectivity index (χ1v) is 9.34. The summed E-state index contributed by atoms with van der Waals surface area (Å²) >= 11 is 6.22. The van der Waals surface area contributed by atoms with E-state index in [4.69, 9.17) is 16.3 Å². The third-order valence-corrected chi connectivity index (χ3v) is 4.72. The summed E-state index contributed by atoms with van der Waals surface area (Å²) in [6.45, 7) is 4.24. The lowest BCUT2D eigenvalue weighted by Gasteiger charge is -2.23. The van der Waals surface area contributed by atoms with Gasteiger partial charge in [0.1, 0.15) is 11.4 Å². The van der Waals surface area contributed by atoms with Crippen molar-refractivity contribution in [2.24, 2.45) is 5.92 Å². The number of hydrogen-bond donors (Lipinski definition) is 1. The number of hydrogen-bond acceptors (Lipinski definition) is 7. The van der Waals surface area contributed by atoms with Gasteiger partial charge in [-0.05, 0) is 61.2 Å². The van der Waals surface area contributed by atoms with Gasteiger partial charge in [-0.25, -0.2) is 0 Å². The highest BCUT2D eigenvalue weighted by atomic mass is 35.5. The van der Waals surface area contributed by atoms with E-state index >= 15 is 0 Å². The van der Waals surface area contributed by atoms with Crippen LogP contribution in [0.15, 0.2) is 30.3 Å². The first-order chi connectivity index (χ1) is 13.2. The lowest BCUT2D eigenvalue weighted by molar-refractivity contribution is 0.296. The molecule has 0 bridgehead atoms. The second kappa shape index (κ2) is 7.87. The minimum Gasteiger partial charge on any atom is -0.493 e. The number of nitrogens with zero attached hydrogens (tertiary/aromatic N) is 6. The minimum atomic E-state index is 0.419. The van der Waals surface area contributed by atoms with Crippen molar-refractivity contribution in [3.05, 3.63) is 40.9 Å². The predicted octanol–water partition coefficient (Wildman–Crippen LogP) is 3.13. The van der Waals surface area contributed by atoms with Crippen molar-refractivity contribution < 1.29 is 4.74 Å². The molecule has 1 fully saturated rings. The Morgan fingerprint density at radius 2 is 2.07 bits per heavy atom. The Hall–Kier alpha value is -2.74. The molecule has 4 rings (SSSR count). The van der Waals surface area contributed by atoms with Crippen LogP contribution in [0.25, 0.3) is 11.5 Å². The van der Waals surface area contributed by atoms with Crippen LogP contribution in [0.2, 0.25) is 5.02 Å². The van der Waals surface area contributed by atoms with Crippen molar-refractivity contribution in [2.45, 2.75) is 26.3 Å². The van der Waals surface area contributed by atoms with Gasteiger partial charge in [0.2, 0.25) is 5.82 Å². The van der Waals surface area contributed by atoms with E-state index in [1.807, 2.05) is 30.3 Å². The van der Waals surface area contributed by atoms with E-state index in [0.29, 0.717) is 29.0 Å². The van der Waals surface area contributed by atoms with Gasteiger partial charge in [0.05, 0.1) is 6.61 Å². The molecule has 140 valence electrons. The molecule has 0 atom stereocenters. The van der Waals surface area contributed by atoms with Gasteiger partial charge in [0.15, 0.2) is 5.82 Å². The molecule has 2 aromatic heterocycles. The van der Waals surface area contributed by atoms with Crippen molar-refractivity contribution in [1.29, 1.82) is 0 Å². The second-order valence-corrected chi connectivity index (χ2v) is 6.97. The van der Waals surface area contributed by atoms with Gasteiger partial charge in [-0.2, -0.15) is 5.21 Å². The zero-order valence-corrected chi connectivity index (χ0v) is 15.7. The monoisotopic (exact) mass is 385 g/mol. The number of ether oxygens (including phenoxy) is 1. The molecule has 0 aliphatic heterocycles. The number of nitrogens with one attached hydrogen (secondary N) is 1. The maximum absolute atomic E-state index is 6.22. The molecule has 8 nitrogen and oxygen atoms in total. The van der Waals surface area contributed by atoms with Gasteiger partial charge in [0.25, 0.3) is 0 Å². The standard InChI is InChI=1S/C18H20ClN7O/c1-2-26(17-8-6-15(20-21-17)18-22-24-25-23-18)10-13-9-14(19)5-7-16(13)27-11-12-3-4-12/h5-9,12H,2-4,10-11H2,1H3,(H,22,23,24,25). The number of H-pyrrole nitrogens is 1. The molecule has 3 aromatic rings. The van der Waals surface area contributed by atoms with Crippen LogP contribution in [0, 0.1) is 5.92 Å². The number of benzene rings is 1. The third kappa shape index (κ3) is 4.33. The first kappa shape index (κ1) is 17.7. The Kier molecular flexibility index (Phi) is 5.15. The van der Waals surface area contributed by atoms with Gasteiger partial charge >= 0.3 is 0 Å². The molecule has 0 amide bonds. The highest BCUT2D eigenvalue weighted by molar-refractivity contribution is 6.30. The fourth-order valence-corrected chi connectivity index (χ4v) is 2.94. The SMILES string of the molecule is CCN(Cc1cc(Cl)ccc1OCC1CC1)c1ccc(-c2nn[nH]n2)nn1. The summed E-state index contributed by atoms with van der Waals surface area (Å²) in [4.78, 5) is 2.11. The van der Waals surface area contributed by atoms with Crippen LogP contribution in [0.4, 0.5) is 5.82 Å². The lowest BCUT2D eigenvalue weighted by atomic mass is 10.2. The Balaban J connectivity index is 1.52. The van der Waals surface area contributed by atoms with E-state index in [2.05, 4.69) is 42.6 Å². The molecule has 1 aromatic carbocycles. The molecular weight excluding hydrogens is 366 g/mol. The molecule has 2 heterocycles. The van der Waals surface area contributed by atoms with Crippen LogP contribution < -0.4 is 9.64 Å². The molecular formula is C18H20ClN7O. The predicted molar refractivity (Wildman–Crippen MR) is 102 cm³/mol. The van der Waals surface area contributed by atoms with Crippen molar-refractivity contribution >= 4 is 17.4 Å². The number of tetrazole rings is 1. The first-order valence-electron chi connectivity index (χ1n) is 8.96. The Morgan fingerprint density at radius 3 is 2.74 bits per heavy atom. The van der Waals surface area contributed by atoms with Crippen LogP contribution >= 0.6 is 11.6 Å². The van der Waals surface area contributed by atoms with Crippen LogP contribution in [0.5, 0.6) is 5.75 Å². The summed E-state index contributed by atoms with van der Waals surface area (Å²) in [6, 6.07) is 9.49. The fraction of sp³-hybridized carbons (Fsp3) is 0.389. The second-order valence-electron chi connectivity index (χ2n) is 6.53. The molecule has 1 aliphatic carbocycles. The van der Waals surface area contributed by atoms with Crippen LogP contribution in [-0.4, -0.2) is 44.0 Å². The molecule has 27 heavy (non-hydrogen) atoms. The summed E-state index contributed by atoms with van der Waals surface area (Å²) in [6.07, 6.45) is 2.51. The topological polar surface area (TPSA) is 92.7 Å². The highest BCUT2D eigenvalue weighted by Crippen LogP contribution is 2.32. The molecule has 0 radical (unpaired) electrons. The van der Waals surface area contributed by atoms with Gasteiger partial charge in [-0.15, -0.1) is 20.4 Å². The van der Waals surface area contributed by atoms with Crippen molar-refractivity contribution in [1.82, 2.24) is 30.8 Å². The zero-order chi connectivity index (χ0) is 18.6. The van der Waals surface area contributed by atoms with E-state index in [9.17, 15) is 0 Å². The van der Waals surface area contributed by atoms with Crippen LogP contribution in [-0.2, 0) is 6.54 Å². The Morgan fingerprint density at radius 1 is 1.19 bits per heavy atom. The van der Waals surface area contributed by atoms with Crippen LogP contribution in [0.3, 0.4) is 0 Å².